The molecule has 0 saturated carbocycles. The van der Waals surface area contributed by atoms with Crippen LogP contribution in [0.2, 0.25) is 0 Å². The number of carbonyl (C=O) groups is 3. The third kappa shape index (κ3) is 4.63. The zero-order chi connectivity index (χ0) is 33.2. The van der Waals surface area contributed by atoms with E-state index < -0.39 is 45.3 Å². The zero-order valence-corrected chi connectivity index (χ0v) is 28.4. The minimum absolute atomic E-state index is 0.110. The number of anilines is 1. The predicted octanol–water partition coefficient (Wildman–Crippen LogP) is 8.38. The highest BCUT2D eigenvalue weighted by atomic mass is 79.9. The first-order valence-corrected chi connectivity index (χ1v) is 17.1. The Labute approximate surface area is 295 Å². The average Bonchev–Trinajstić information content (AvgIpc) is 3.38. The number of benzene rings is 5. The van der Waals surface area contributed by atoms with Gasteiger partial charge < -0.3 is 10.1 Å². The van der Waals surface area contributed by atoms with Crippen molar-refractivity contribution in [2.24, 2.45) is 11.8 Å². The number of likely N-dealkylation sites (tertiary alicyclic amines) is 1. The number of imide groups is 1. The van der Waals surface area contributed by atoms with Gasteiger partial charge in [-0.3, -0.25) is 19.3 Å². The maximum absolute atomic E-state index is 14.7. The van der Waals surface area contributed by atoms with Crippen molar-refractivity contribution < 1.29 is 19.1 Å². The first-order chi connectivity index (χ1) is 23.2. The molecular weight excluding hydrogens is 711 g/mol. The Bertz CT molecular complexity index is 1970. The Morgan fingerprint density at radius 3 is 1.60 bits per heavy atom. The largest absolute Gasteiger partial charge is 0.457 e. The predicted molar refractivity (Wildman–Crippen MR) is 188 cm³/mol. The molecule has 1 heterocycles. The number of carbonyl (C=O) groups excluding carboxylic acids is 3. The van der Waals surface area contributed by atoms with Gasteiger partial charge in [0, 0.05) is 16.6 Å². The molecular formula is C39H27BrCl2N2O4. The standard InChI is InChI=1S/C39H27BrCl2N2O4/c40-24-14-18-26(19-15-24)48-27-20-16-25(17-21-27)43-35(45)32(22-23-8-2-1-3-9-23)44-36(46)33-34(37(44)47)39(42)29-11-5-4-10-28(29)38(33,41)30-12-6-7-13-31(30)39/h1-21,32-34H,22H2,(H,43,45)/t32-,33-,34+,38?,39?/m0/s1. The zero-order valence-electron chi connectivity index (χ0n) is 25.3. The number of halogens is 3. The summed E-state index contributed by atoms with van der Waals surface area (Å²) < 4.78 is 6.87. The number of hydrogen-bond acceptors (Lipinski definition) is 4. The number of ether oxygens (including phenoxy) is 1. The van der Waals surface area contributed by atoms with Crippen LogP contribution in [0, 0.1) is 11.8 Å². The fraction of sp³-hybridized carbons (Fsp3) is 0.154. The lowest BCUT2D eigenvalue weighted by Crippen LogP contribution is -2.57. The SMILES string of the molecule is O=C(Nc1ccc(Oc2ccc(Br)cc2)cc1)[C@H](Cc1ccccc1)N1C(=O)[C@@H]2[C@H](C1=O)C1(Cl)c3ccccc3C2(Cl)c2ccccc21. The minimum atomic E-state index is -1.34. The molecule has 9 heteroatoms. The van der Waals surface area contributed by atoms with Crippen LogP contribution in [-0.2, 0) is 30.6 Å². The second kappa shape index (κ2) is 11.6. The third-order valence-electron chi connectivity index (χ3n) is 9.68. The molecule has 3 aliphatic carbocycles. The normalized spacial score (nSPS) is 24.0. The molecule has 1 N–H and O–H groups in total. The van der Waals surface area contributed by atoms with E-state index in [9.17, 15) is 14.4 Å². The molecule has 0 aromatic heterocycles. The summed E-state index contributed by atoms with van der Waals surface area (Å²) in [5, 5.41) is 2.94. The van der Waals surface area contributed by atoms with E-state index in [0.29, 0.717) is 39.4 Å². The van der Waals surface area contributed by atoms with Gasteiger partial charge >= 0.3 is 0 Å². The van der Waals surface area contributed by atoms with E-state index in [1.54, 1.807) is 24.3 Å². The highest BCUT2D eigenvalue weighted by Crippen LogP contribution is 2.69. The van der Waals surface area contributed by atoms with Crippen LogP contribution >= 0.6 is 39.1 Å². The van der Waals surface area contributed by atoms with Gasteiger partial charge in [0.25, 0.3) is 0 Å². The molecule has 0 spiro atoms. The van der Waals surface area contributed by atoms with Crippen LogP contribution < -0.4 is 10.1 Å². The van der Waals surface area contributed by atoms with E-state index >= 15 is 0 Å². The second-order valence-corrected chi connectivity index (χ2v) is 14.4. The summed E-state index contributed by atoms with van der Waals surface area (Å²) >= 11 is 18.7. The van der Waals surface area contributed by atoms with Crippen LogP contribution in [-0.4, -0.2) is 28.7 Å². The molecule has 6 nitrogen and oxygen atoms in total. The van der Waals surface area contributed by atoms with Crippen LogP contribution in [0.25, 0.3) is 0 Å². The van der Waals surface area contributed by atoms with Crippen molar-refractivity contribution in [2.45, 2.75) is 22.2 Å². The summed E-state index contributed by atoms with van der Waals surface area (Å²) in [6, 6.07) is 37.5. The fourth-order valence-corrected chi connectivity index (χ4v) is 8.97. The van der Waals surface area contributed by atoms with E-state index in [2.05, 4.69) is 21.2 Å². The summed E-state index contributed by atoms with van der Waals surface area (Å²) in [4.78, 5) is 42.1. The lowest BCUT2D eigenvalue weighted by Gasteiger charge is -2.54. The molecule has 1 fully saturated rings. The van der Waals surface area contributed by atoms with Crippen molar-refractivity contribution in [3.63, 3.8) is 0 Å². The Morgan fingerprint density at radius 2 is 1.12 bits per heavy atom. The van der Waals surface area contributed by atoms with Crippen LogP contribution in [0.4, 0.5) is 5.69 Å². The van der Waals surface area contributed by atoms with Gasteiger partial charge in [-0.1, -0.05) is 94.8 Å². The molecule has 9 rings (SSSR count). The maximum Gasteiger partial charge on any atom is 0.248 e. The highest BCUT2D eigenvalue weighted by Gasteiger charge is 2.73. The Kier molecular flexibility index (Phi) is 7.47. The molecule has 2 bridgehead atoms. The van der Waals surface area contributed by atoms with Gasteiger partial charge in [-0.05, 0) is 76.3 Å². The third-order valence-corrected chi connectivity index (χ3v) is 11.5. The number of alkyl halides is 2. The van der Waals surface area contributed by atoms with Crippen molar-refractivity contribution in [1.29, 1.82) is 0 Å². The van der Waals surface area contributed by atoms with Gasteiger partial charge in [-0.15, -0.1) is 23.2 Å². The monoisotopic (exact) mass is 736 g/mol. The second-order valence-electron chi connectivity index (χ2n) is 12.3. The summed E-state index contributed by atoms with van der Waals surface area (Å²) in [6.45, 7) is 0. The van der Waals surface area contributed by atoms with Gasteiger partial charge in [0.15, 0.2) is 0 Å². The topological polar surface area (TPSA) is 75.7 Å². The van der Waals surface area contributed by atoms with Crippen LogP contribution in [0.15, 0.2) is 132 Å². The van der Waals surface area contributed by atoms with Crippen LogP contribution in [0.3, 0.4) is 0 Å². The number of nitrogens with zero attached hydrogens (tertiary/aromatic N) is 1. The molecule has 1 saturated heterocycles. The van der Waals surface area contributed by atoms with Crippen molar-refractivity contribution >= 4 is 62.5 Å². The van der Waals surface area contributed by atoms with Gasteiger partial charge in [0.05, 0.1) is 11.8 Å². The Morgan fingerprint density at radius 1 is 0.688 bits per heavy atom. The number of amides is 3. The van der Waals surface area contributed by atoms with E-state index in [-0.39, 0.29) is 6.42 Å². The van der Waals surface area contributed by atoms with Crippen LogP contribution in [0.5, 0.6) is 11.5 Å². The Balaban J connectivity index is 1.15. The molecule has 5 aromatic carbocycles. The van der Waals surface area contributed by atoms with E-state index in [0.717, 1.165) is 14.9 Å². The minimum Gasteiger partial charge on any atom is -0.457 e. The first kappa shape index (κ1) is 30.9. The lowest BCUT2D eigenvalue weighted by molar-refractivity contribution is -0.146. The highest BCUT2D eigenvalue weighted by molar-refractivity contribution is 9.10. The molecule has 3 amide bonds. The smallest absolute Gasteiger partial charge is 0.248 e. The molecule has 1 aliphatic heterocycles. The summed E-state index contributed by atoms with van der Waals surface area (Å²) in [6.07, 6.45) is 0.110. The number of hydrogen-bond donors (Lipinski definition) is 1. The van der Waals surface area contributed by atoms with Gasteiger partial charge in [-0.2, -0.15) is 0 Å². The lowest BCUT2D eigenvalue weighted by atomic mass is 9.54. The van der Waals surface area contributed by atoms with Crippen molar-refractivity contribution in [3.8, 4) is 11.5 Å². The fourth-order valence-electron chi connectivity index (χ4n) is 7.61. The molecule has 238 valence electrons. The van der Waals surface area contributed by atoms with E-state index in [1.807, 2.05) is 103 Å². The molecule has 0 radical (unpaired) electrons. The van der Waals surface area contributed by atoms with E-state index in [4.69, 9.17) is 27.9 Å². The quantitative estimate of drug-likeness (QED) is 0.135. The van der Waals surface area contributed by atoms with Crippen LogP contribution in [0.1, 0.15) is 27.8 Å². The maximum atomic E-state index is 14.7. The first-order valence-electron chi connectivity index (χ1n) is 15.5. The average molecular weight is 738 g/mol. The van der Waals surface area contributed by atoms with Crippen molar-refractivity contribution in [2.75, 3.05) is 5.32 Å². The number of rotatable bonds is 7. The van der Waals surface area contributed by atoms with Crippen molar-refractivity contribution in [3.05, 3.63) is 160 Å². The molecule has 4 aliphatic rings. The van der Waals surface area contributed by atoms with E-state index in [1.165, 1.54) is 0 Å². The molecule has 3 atom stereocenters. The Hall–Kier alpha value is -4.43. The van der Waals surface area contributed by atoms with Gasteiger partial charge in [0.1, 0.15) is 27.3 Å². The summed E-state index contributed by atoms with van der Waals surface area (Å²) in [5.41, 5.74) is 4.11. The van der Waals surface area contributed by atoms with Gasteiger partial charge in [-0.25, -0.2) is 0 Å². The summed E-state index contributed by atoms with van der Waals surface area (Å²) in [5.74, 6) is -2.29. The molecule has 5 aromatic rings. The molecule has 0 unspecified atom stereocenters. The number of nitrogens with one attached hydrogen (secondary N) is 1. The van der Waals surface area contributed by atoms with Gasteiger partial charge in [0.2, 0.25) is 17.7 Å². The molecule has 48 heavy (non-hydrogen) atoms. The summed E-state index contributed by atoms with van der Waals surface area (Å²) in [7, 11) is 0. The van der Waals surface area contributed by atoms with Crippen molar-refractivity contribution in [1.82, 2.24) is 4.90 Å².